The molecule has 35 heavy (non-hydrogen) atoms. The number of hydrogen-bond acceptors (Lipinski definition) is 6. The highest BCUT2D eigenvalue weighted by Gasteiger charge is 2.49. The van der Waals surface area contributed by atoms with Gasteiger partial charge in [-0.3, -0.25) is 4.79 Å². The lowest BCUT2D eigenvalue weighted by Gasteiger charge is -2.51. The maximum atomic E-state index is 13.4. The number of rotatable bonds is 5. The first kappa shape index (κ1) is 22.0. The predicted octanol–water partition coefficient (Wildman–Crippen LogP) is 4.33. The molecule has 0 radical (unpaired) electrons. The highest BCUT2D eigenvalue weighted by Crippen LogP contribution is 2.49. The van der Waals surface area contributed by atoms with Gasteiger partial charge in [-0.2, -0.15) is 5.10 Å². The van der Waals surface area contributed by atoms with Crippen LogP contribution in [-0.2, 0) is 10.2 Å². The molecule has 4 aromatic rings. The van der Waals surface area contributed by atoms with Gasteiger partial charge in [0.25, 0.3) is 5.91 Å². The van der Waals surface area contributed by atoms with Crippen LogP contribution in [0, 0.1) is 6.92 Å². The van der Waals surface area contributed by atoms with Gasteiger partial charge in [0.2, 0.25) is 0 Å². The van der Waals surface area contributed by atoms with Crippen LogP contribution in [0.3, 0.4) is 0 Å². The third-order valence-corrected chi connectivity index (χ3v) is 7.40. The van der Waals surface area contributed by atoms with Crippen molar-refractivity contribution in [3.63, 3.8) is 0 Å². The molecule has 1 amide bonds. The standard InChI is InChI=1S/C26H30N6O3/c1-16(2)35-20-9-22-30-21(26-7-5-25(4,6-8-26)34-15-26)14-31(22)13-18(20)24(33)29-19-11-28-32-12-17(3)10-27-23(19)32/h9-14,16H,5-8,15H2,1-4H3,(H,29,33). The van der Waals surface area contributed by atoms with Crippen LogP contribution in [0.15, 0.2) is 37.1 Å². The molecule has 9 nitrogen and oxygen atoms in total. The van der Waals surface area contributed by atoms with Crippen molar-refractivity contribution in [1.82, 2.24) is 24.0 Å². The first-order valence-corrected chi connectivity index (χ1v) is 12.2. The second-order valence-corrected chi connectivity index (χ2v) is 10.5. The van der Waals surface area contributed by atoms with Gasteiger partial charge in [0.05, 0.1) is 35.8 Å². The molecule has 3 fully saturated rings. The zero-order valence-electron chi connectivity index (χ0n) is 20.5. The number of amides is 1. The molecule has 2 bridgehead atoms. The number of carbonyl (C=O) groups excluding carboxylic acids is 1. The fourth-order valence-electron chi connectivity index (χ4n) is 5.23. The topological polar surface area (TPSA) is 95.1 Å². The van der Waals surface area contributed by atoms with Crippen molar-refractivity contribution in [2.24, 2.45) is 0 Å². The van der Waals surface area contributed by atoms with E-state index in [0.29, 0.717) is 29.3 Å². The first-order valence-electron chi connectivity index (χ1n) is 12.2. The molecule has 0 atom stereocenters. The van der Waals surface area contributed by atoms with Gasteiger partial charge < -0.3 is 19.2 Å². The minimum atomic E-state index is -0.289. The molecule has 0 spiro atoms. The second-order valence-electron chi connectivity index (χ2n) is 10.5. The number of ether oxygens (including phenoxy) is 2. The molecular formula is C26H30N6O3. The Morgan fingerprint density at radius 2 is 1.97 bits per heavy atom. The number of pyridine rings is 1. The van der Waals surface area contributed by atoms with E-state index >= 15 is 0 Å². The molecule has 0 aromatic carbocycles. The number of carbonyl (C=O) groups is 1. The Morgan fingerprint density at radius 1 is 1.17 bits per heavy atom. The van der Waals surface area contributed by atoms with Crippen molar-refractivity contribution in [2.45, 2.75) is 70.5 Å². The van der Waals surface area contributed by atoms with Crippen molar-refractivity contribution in [2.75, 3.05) is 11.9 Å². The predicted molar refractivity (Wildman–Crippen MR) is 131 cm³/mol. The number of anilines is 1. The Morgan fingerprint density at radius 3 is 2.69 bits per heavy atom. The lowest BCUT2D eigenvalue weighted by molar-refractivity contribution is -0.146. The van der Waals surface area contributed by atoms with Crippen molar-refractivity contribution >= 4 is 22.9 Å². The number of nitrogens with one attached hydrogen (secondary N) is 1. The monoisotopic (exact) mass is 474 g/mol. The quantitative estimate of drug-likeness (QED) is 0.463. The largest absolute Gasteiger partial charge is 0.490 e. The third-order valence-electron chi connectivity index (χ3n) is 7.40. The maximum Gasteiger partial charge on any atom is 0.261 e. The van der Waals surface area contributed by atoms with Crippen LogP contribution in [0.2, 0.25) is 0 Å². The molecule has 0 unspecified atom stereocenters. The van der Waals surface area contributed by atoms with Crippen LogP contribution in [0.4, 0.5) is 5.69 Å². The molecular weight excluding hydrogens is 444 g/mol. The summed E-state index contributed by atoms with van der Waals surface area (Å²) in [4.78, 5) is 22.8. The summed E-state index contributed by atoms with van der Waals surface area (Å²) < 4.78 is 15.8. The van der Waals surface area contributed by atoms with Gasteiger partial charge in [0.15, 0.2) is 5.65 Å². The molecule has 4 aromatic heterocycles. The average molecular weight is 475 g/mol. The van der Waals surface area contributed by atoms with Crippen LogP contribution >= 0.6 is 0 Å². The number of imidazole rings is 1. The van der Waals surface area contributed by atoms with E-state index in [0.717, 1.165) is 42.6 Å². The Hall–Kier alpha value is -3.46. The molecule has 2 saturated heterocycles. The van der Waals surface area contributed by atoms with Gasteiger partial charge in [-0.05, 0) is 58.9 Å². The Kier molecular flexibility index (Phi) is 4.90. The fourth-order valence-corrected chi connectivity index (χ4v) is 5.23. The van der Waals surface area contributed by atoms with Gasteiger partial charge >= 0.3 is 0 Å². The van der Waals surface area contributed by atoms with Gasteiger partial charge in [0, 0.05) is 36.3 Å². The number of nitrogens with zero attached hydrogens (tertiary/aromatic N) is 5. The fraction of sp³-hybridized carbons (Fsp3) is 0.462. The van der Waals surface area contributed by atoms with Crippen molar-refractivity contribution < 1.29 is 14.3 Å². The average Bonchev–Trinajstić information content (AvgIpc) is 3.42. The van der Waals surface area contributed by atoms with Gasteiger partial charge in [-0.1, -0.05) is 0 Å². The first-order chi connectivity index (χ1) is 16.7. The summed E-state index contributed by atoms with van der Waals surface area (Å²) in [5, 5.41) is 7.27. The van der Waals surface area contributed by atoms with Crippen LogP contribution in [-0.4, -0.2) is 48.2 Å². The highest BCUT2D eigenvalue weighted by atomic mass is 16.5. The zero-order valence-corrected chi connectivity index (χ0v) is 20.5. The van der Waals surface area contributed by atoms with Gasteiger partial charge in [0.1, 0.15) is 17.1 Å². The van der Waals surface area contributed by atoms with Crippen LogP contribution in [0.5, 0.6) is 5.75 Å². The number of fused-ring (bicyclic) bond motifs is 5. The van der Waals surface area contributed by atoms with Crippen LogP contribution in [0.1, 0.15) is 68.1 Å². The van der Waals surface area contributed by atoms with Crippen molar-refractivity contribution in [3.8, 4) is 5.75 Å². The minimum Gasteiger partial charge on any atom is -0.490 e. The zero-order chi connectivity index (χ0) is 24.4. The summed E-state index contributed by atoms with van der Waals surface area (Å²) in [6.07, 6.45) is 13.2. The molecule has 2 aliphatic heterocycles. The smallest absolute Gasteiger partial charge is 0.261 e. The van der Waals surface area contributed by atoms with Crippen LogP contribution in [0.25, 0.3) is 11.3 Å². The SMILES string of the molecule is Cc1cnc2c(NC(=O)c3cn4cc(C56CCC(C)(CC5)OC6)nc4cc3OC(C)C)cnn2c1. The van der Waals surface area contributed by atoms with E-state index in [2.05, 4.69) is 22.3 Å². The summed E-state index contributed by atoms with van der Waals surface area (Å²) in [7, 11) is 0. The highest BCUT2D eigenvalue weighted by molar-refractivity contribution is 6.07. The van der Waals surface area contributed by atoms with Crippen molar-refractivity contribution in [1.29, 1.82) is 0 Å². The summed E-state index contributed by atoms with van der Waals surface area (Å²) in [6, 6.07) is 1.85. The number of aromatic nitrogens is 5. The van der Waals surface area contributed by atoms with E-state index in [1.165, 1.54) is 0 Å². The molecule has 7 rings (SSSR count). The van der Waals surface area contributed by atoms with E-state index in [-0.39, 0.29) is 23.0 Å². The Bertz CT molecular complexity index is 1430. The van der Waals surface area contributed by atoms with Crippen molar-refractivity contribution in [3.05, 3.63) is 53.9 Å². The third kappa shape index (κ3) is 3.74. The van der Waals surface area contributed by atoms with Gasteiger partial charge in [-0.25, -0.2) is 14.5 Å². The Balaban J connectivity index is 1.37. The van der Waals surface area contributed by atoms with Gasteiger partial charge in [-0.15, -0.1) is 0 Å². The summed E-state index contributed by atoms with van der Waals surface area (Å²) in [5.41, 5.74) is 4.26. The summed E-state index contributed by atoms with van der Waals surface area (Å²) >= 11 is 0. The minimum absolute atomic E-state index is 0.0100. The molecule has 1 aliphatic carbocycles. The molecule has 6 heterocycles. The normalized spacial score (nSPS) is 23.9. The Labute approximate surface area is 203 Å². The van der Waals surface area contributed by atoms with E-state index in [1.54, 1.807) is 23.1 Å². The number of hydrogen-bond donors (Lipinski definition) is 1. The molecule has 3 aliphatic rings. The number of aryl methyl sites for hydroxylation is 1. The maximum absolute atomic E-state index is 13.4. The van der Waals surface area contributed by atoms with E-state index in [9.17, 15) is 4.79 Å². The molecule has 1 saturated carbocycles. The summed E-state index contributed by atoms with van der Waals surface area (Å²) in [6.45, 7) is 8.73. The molecule has 9 heteroatoms. The van der Waals surface area contributed by atoms with E-state index < -0.39 is 0 Å². The summed E-state index contributed by atoms with van der Waals surface area (Å²) in [5.74, 6) is 0.207. The van der Waals surface area contributed by atoms with Crippen LogP contribution < -0.4 is 10.1 Å². The molecule has 182 valence electrons. The molecule has 1 N–H and O–H groups in total. The van der Waals surface area contributed by atoms with E-state index in [1.807, 2.05) is 43.6 Å². The lowest BCUT2D eigenvalue weighted by atomic mass is 9.65. The van der Waals surface area contributed by atoms with E-state index in [4.69, 9.17) is 14.5 Å². The second kappa shape index (κ2) is 7.78. The lowest BCUT2D eigenvalue weighted by Crippen LogP contribution is -2.51.